The van der Waals surface area contributed by atoms with Crippen LogP contribution in [0.15, 0.2) is 29.2 Å². The SMILES string of the molecule is C[C@@H]1C[C@H]1C(=O)NCCN1C(=O)S/C(=C\c2ccc(F)cc2)C1=O. The monoisotopic (exact) mass is 348 g/mol. The van der Waals surface area contributed by atoms with Crippen LogP contribution in [0, 0.1) is 17.7 Å². The first kappa shape index (κ1) is 16.7. The number of benzene rings is 1. The minimum absolute atomic E-state index is 0.0173. The third-order valence-electron chi connectivity index (χ3n) is 4.12. The average molecular weight is 348 g/mol. The van der Waals surface area contributed by atoms with Crippen LogP contribution in [0.1, 0.15) is 18.9 Å². The number of rotatable bonds is 5. The molecule has 1 aromatic carbocycles. The number of halogens is 1. The van der Waals surface area contributed by atoms with Crippen LogP contribution in [0.4, 0.5) is 9.18 Å². The first-order chi connectivity index (χ1) is 11.5. The van der Waals surface area contributed by atoms with Gasteiger partial charge in [0, 0.05) is 19.0 Å². The van der Waals surface area contributed by atoms with Crippen LogP contribution in [0.5, 0.6) is 0 Å². The normalized spacial score (nSPS) is 24.6. The molecule has 24 heavy (non-hydrogen) atoms. The van der Waals surface area contributed by atoms with E-state index in [-0.39, 0.29) is 41.9 Å². The molecule has 1 saturated heterocycles. The highest BCUT2D eigenvalue weighted by Crippen LogP contribution is 2.37. The van der Waals surface area contributed by atoms with Gasteiger partial charge in [-0.05, 0) is 47.9 Å². The maximum atomic E-state index is 12.9. The van der Waals surface area contributed by atoms with E-state index in [9.17, 15) is 18.8 Å². The average Bonchev–Trinajstić information content (AvgIpc) is 3.22. The lowest BCUT2D eigenvalue weighted by Gasteiger charge is -2.12. The summed E-state index contributed by atoms with van der Waals surface area (Å²) in [5.41, 5.74) is 0.651. The van der Waals surface area contributed by atoms with Gasteiger partial charge < -0.3 is 5.32 Å². The molecule has 126 valence electrons. The van der Waals surface area contributed by atoms with Gasteiger partial charge in [0.2, 0.25) is 5.91 Å². The smallest absolute Gasteiger partial charge is 0.293 e. The summed E-state index contributed by atoms with van der Waals surface area (Å²) in [6.07, 6.45) is 2.46. The molecule has 1 aromatic rings. The quantitative estimate of drug-likeness (QED) is 0.831. The van der Waals surface area contributed by atoms with Gasteiger partial charge in [-0.1, -0.05) is 19.1 Å². The highest BCUT2D eigenvalue weighted by Gasteiger charge is 2.39. The summed E-state index contributed by atoms with van der Waals surface area (Å²) >= 11 is 0.851. The van der Waals surface area contributed by atoms with E-state index in [0.29, 0.717) is 16.4 Å². The number of hydrogen-bond donors (Lipinski definition) is 1. The summed E-state index contributed by atoms with van der Waals surface area (Å²) in [7, 11) is 0. The van der Waals surface area contributed by atoms with Crippen molar-refractivity contribution in [2.75, 3.05) is 13.1 Å². The van der Waals surface area contributed by atoms with Gasteiger partial charge in [0.15, 0.2) is 0 Å². The Morgan fingerprint density at radius 1 is 1.38 bits per heavy atom. The standard InChI is InChI=1S/C17H17FN2O3S/c1-10-8-13(10)15(21)19-6-7-20-16(22)14(24-17(20)23)9-11-2-4-12(18)5-3-11/h2-5,9-10,13H,6-8H2,1H3,(H,19,21)/b14-9-/t10-,13-/m1/s1. The fourth-order valence-electron chi connectivity index (χ4n) is 2.51. The van der Waals surface area contributed by atoms with Crippen molar-refractivity contribution in [3.8, 4) is 0 Å². The van der Waals surface area contributed by atoms with Crippen LogP contribution < -0.4 is 5.32 Å². The van der Waals surface area contributed by atoms with Crippen LogP contribution in [-0.4, -0.2) is 35.0 Å². The lowest BCUT2D eigenvalue weighted by Crippen LogP contribution is -2.37. The zero-order valence-electron chi connectivity index (χ0n) is 13.1. The van der Waals surface area contributed by atoms with E-state index < -0.39 is 0 Å². The number of carbonyl (C=O) groups excluding carboxylic acids is 3. The van der Waals surface area contributed by atoms with E-state index >= 15 is 0 Å². The van der Waals surface area contributed by atoms with Crippen molar-refractivity contribution in [2.24, 2.45) is 11.8 Å². The number of nitrogens with zero attached hydrogens (tertiary/aromatic N) is 1. The molecule has 3 rings (SSSR count). The number of carbonyl (C=O) groups is 3. The molecule has 0 spiro atoms. The Bertz CT molecular complexity index is 717. The molecular weight excluding hydrogens is 331 g/mol. The molecule has 3 amide bonds. The van der Waals surface area contributed by atoms with E-state index in [1.165, 1.54) is 12.1 Å². The Morgan fingerprint density at radius 2 is 2.04 bits per heavy atom. The fourth-order valence-corrected chi connectivity index (χ4v) is 3.38. The molecule has 2 aliphatic rings. The number of imide groups is 1. The number of nitrogens with one attached hydrogen (secondary N) is 1. The molecule has 7 heteroatoms. The van der Waals surface area contributed by atoms with Crippen molar-refractivity contribution in [2.45, 2.75) is 13.3 Å². The summed E-state index contributed by atoms with van der Waals surface area (Å²) in [5, 5.41) is 2.40. The predicted octanol–water partition coefficient (Wildman–Crippen LogP) is 2.63. The van der Waals surface area contributed by atoms with E-state index in [1.807, 2.05) is 6.92 Å². The van der Waals surface area contributed by atoms with Gasteiger partial charge in [-0.15, -0.1) is 0 Å². The van der Waals surface area contributed by atoms with E-state index in [4.69, 9.17) is 0 Å². The maximum absolute atomic E-state index is 12.9. The highest BCUT2D eigenvalue weighted by molar-refractivity contribution is 8.18. The Balaban J connectivity index is 1.57. The van der Waals surface area contributed by atoms with Gasteiger partial charge in [-0.3, -0.25) is 19.3 Å². The van der Waals surface area contributed by atoms with Crippen LogP contribution in [0.25, 0.3) is 6.08 Å². The molecule has 0 unspecified atom stereocenters. The lowest BCUT2D eigenvalue weighted by atomic mass is 10.2. The minimum Gasteiger partial charge on any atom is -0.354 e. The zero-order valence-corrected chi connectivity index (χ0v) is 13.9. The van der Waals surface area contributed by atoms with E-state index in [1.54, 1.807) is 18.2 Å². The molecule has 5 nitrogen and oxygen atoms in total. The Morgan fingerprint density at radius 3 is 2.67 bits per heavy atom. The van der Waals surface area contributed by atoms with E-state index in [0.717, 1.165) is 23.1 Å². The first-order valence-electron chi connectivity index (χ1n) is 7.74. The largest absolute Gasteiger partial charge is 0.354 e. The minimum atomic E-state index is -0.386. The molecule has 1 heterocycles. The predicted molar refractivity (Wildman–Crippen MR) is 89.4 cm³/mol. The van der Waals surface area contributed by atoms with Gasteiger partial charge >= 0.3 is 0 Å². The van der Waals surface area contributed by atoms with Gasteiger partial charge in [0.25, 0.3) is 11.1 Å². The number of hydrogen-bond acceptors (Lipinski definition) is 4. The van der Waals surface area contributed by atoms with Gasteiger partial charge in [0.1, 0.15) is 5.82 Å². The molecule has 1 saturated carbocycles. The summed E-state index contributed by atoms with van der Waals surface area (Å²) in [4.78, 5) is 37.4. The summed E-state index contributed by atoms with van der Waals surface area (Å²) < 4.78 is 12.9. The van der Waals surface area contributed by atoms with Crippen molar-refractivity contribution in [3.63, 3.8) is 0 Å². The molecular formula is C17H17FN2O3S. The van der Waals surface area contributed by atoms with Gasteiger partial charge in [-0.25, -0.2) is 4.39 Å². The molecule has 0 radical (unpaired) electrons. The number of amides is 3. The van der Waals surface area contributed by atoms with E-state index in [2.05, 4.69) is 5.32 Å². The van der Waals surface area contributed by atoms with Crippen molar-refractivity contribution in [1.82, 2.24) is 10.2 Å². The molecule has 2 atom stereocenters. The summed E-state index contributed by atoms with van der Waals surface area (Å²) in [5.74, 6) is -0.278. The number of thioether (sulfide) groups is 1. The summed E-state index contributed by atoms with van der Waals surface area (Å²) in [6.45, 7) is 2.42. The van der Waals surface area contributed by atoms with Crippen molar-refractivity contribution in [1.29, 1.82) is 0 Å². The van der Waals surface area contributed by atoms with Crippen molar-refractivity contribution >= 4 is 34.9 Å². The fraction of sp³-hybridized carbons (Fsp3) is 0.353. The second kappa shape index (κ2) is 6.76. The zero-order chi connectivity index (χ0) is 17.3. The van der Waals surface area contributed by atoms with Gasteiger partial charge in [0.05, 0.1) is 4.91 Å². The topological polar surface area (TPSA) is 66.5 Å². The molecule has 1 aliphatic carbocycles. The summed E-state index contributed by atoms with van der Waals surface area (Å²) in [6, 6.07) is 5.68. The molecule has 1 N–H and O–H groups in total. The van der Waals surface area contributed by atoms with Crippen molar-refractivity contribution in [3.05, 3.63) is 40.6 Å². The Hall–Kier alpha value is -2.15. The Kier molecular flexibility index (Phi) is 4.71. The highest BCUT2D eigenvalue weighted by atomic mass is 32.2. The van der Waals surface area contributed by atoms with Crippen molar-refractivity contribution < 1.29 is 18.8 Å². The second-order valence-electron chi connectivity index (χ2n) is 6.00. The third-order valence-corrected chi connectivity index (χ3v) is 5.03. The third kappa shape index (κ3) is 3.67. The molecule has 1 aliphatic heterocycles. The molecule has 0 bridgehead atoms. The molecule has 2 fully saturated rings. The lowest BCUT2D eigenvalue weighted by molar-refractivity contribution is -0.125. The van der Waals surface area contributed by atoms with Crippen LogP contribution in [0.3, 0.4) is 0 Å². The second-order valence-corrected chi connectivity index (χ2v) is 6.99. The Labute approximate surface area is 143 Å². The first-order valence-corrected chi connectivity index (χ1v) is 8.56. The van der Waals surface area contributed by atoms with Gasteiger partial charge in [-0.2, -0.15) is 0 Å². The molecule has 0 aromatic heterocycles. The van der Waals surface area contributed by atoms with Crippen LogP contribution >= 0.6 is 11.8 Å². The van der Waals surface area contributed by atoms with Crippen LogP contribution in [-0.2, 0) is 9.59 Å². The van der Waals surface area contributed by atoms with Crippen LogP contribution in [0.2, 0.25) is 0 Å². The maximum Gasteiger partial charge on any atom is 0.293 e.